The first-order valence-corrected chi connectivity index (χ1v) is 5.44. The highest BCUT2D eigenvalue weighted by molar-refractivity contribution is 6.21. The Balaban J connectivity index is 3.39. The molecule has 2 heteroatoms. The molecular weight excluding hydrogens is 175 g/mol. The van der Waals surface area contributed by atoms with Gasteiger partial charge in [0, 0.05) is 0 Å². The lowest BCUT2D eigenvalue weighted by atomic mass is 10.1. The third-order valence-corrected chi connectivity index (χ3v) is 2.55. The van der Waals surface area contributed by atoms with Gasteiger partial charge in [-0.2, -0.15) is 0 Å². The maximum absolute atomic E-state index is 13.2. The first-order valence-electron chi connectivity index (χ1n) is 5.00. The second-order valence-electron chi connectivity index (χ2n) is 3.32. The summed E-state index contributed by atoms with van der Waals surface area (Å²) in [5.74, 6) is 0. The van der Waals surface area contributed by atoms with Gasteiger partial charge < -0.3 is 0 Å². The molecule has 0 aliphatic carbocycles. The van der Waals surface area contributed by atoms with E-state index in [2.05, 4.69) is 13.8 Å². The Hall–Kier alpha value is 0.220. The van der Waals surface area contributed by atoms with E-state index in [1.807, 2.05) is 0 Å². The Kier molecular flexibility index (Phi) is 7.99. The van der Waals surface area contributed by atoms with Crippen molar-refractivity contribution in [3.63, 3.8) is 0 Å². The summed E-state index contributed by atoms with van der Waals surface area (Å²) in [4.78, 5) is 0. The standard InChI is InChI=1S/C10H20ClF/c1-3-5-7-9(11)10(12)8-6-4-2/h9-10H,3-8H2,1-2H3/t9-,10-/m1/s1. The average Bonchev–Trinajstić information content (AvgIpc) is 2.10. The predicted molar refractivity (Wildman–Crippen MR) is 53.6 cm³/mol. The molecule has 0 unspecified atom stereocenters. The summed E-state index contributed by atoms with van der Waals surface area (Å²) >= 11 is 5.87. The third-order valence-electron chi connectivity index (χ3n) is 2.06. The minimum atomic E-state index is -0.793. The van der Waals surface area contributed by atoms with Gasteiger partial charge in [0.25, 0.3) is 0 Å². The molecule has 0 aromatic carbocycles. The first kappa shape index (κ1) is 12.2. The molecule has 12 heavy (non-hydrogen) atoms. The van der Waals surface area contributed by atoms with Gasteiger partial charge in [-0.1, -0.05) is 39.5 Å². The molecule has 0 radical (unpaired) electrons. The molecule has 0 saturated heterocycles. The second kappa shape index (κ2) is 7.85. The van der Waals surface area contributed by atoms with Gasteiger partial charge in [-0.15, -0.1) is 11.6 Å². The van der Waals surface area contributed by atoms with Crippen LogP contribution < -0.4 is 0 Å². The Morgan fingerprint density at radius 2 is 1.58 bits per heavy atom. The molecule has 0 aromatic heterocycles. The summed E-state index contributed by atoms with van der Waals surface area (Å²) in [6, 6.07) is 0. The highest BCUT2D eigenvalue weighted by atomic mass is 35.5. The van der Waals surface area contributed by atoms with Crippen LogP contribution in [0.2, 0.25) is 0 Å². The van der Waals surface area contributed by atoms with Crippen molar-refractivity contribution in [2.45, 2.75) is 63.9 Å². The number of hydrogen-bond acceptors (Lipinski definition) is 0. The number of alkyl halides is 2. The van der Waals surface area contributed by atoms with Gasteiger partial charge in [0.05, 0.1) is 5.38 Å². The summed E-state index contributed by atoms with van der Waals surface area (Å²) in [6.45, 7) is 4.17. The smallest absolute Gasteiger partial charge is 0.116 e. The lowest BCUT2D eigenvalue weighted by Crippen LogP contribution is -2.15. The zero-order valence-corrected chi connectivity index (χ0v) is 8.91. The summed E-state index contributed by atoms with van der Waals surface area (Å²) in [7, 11) is 0. The second-order valence-corrected chi connectivity index (χ2v) is 3.88. The van der Waals surface area contributed by atoms with Gasteiger partial charge in [-0.25, -0.2) is 4.39 Å². The van der Waals surface area contributed by atoms with Crippen LogP contribution in [0.4, 0.5) is 4.39 Å². The molecule has 0 aliphatic heterocycles. The third kappa shape index (κ3) is 5.82. The molecule has 0 spiro atoms. The molecule has 0 heterocycles. The van der Waals surface area contributed by atoms with E-state index in [0.717, 1.165) is 32.1 Å². The fourth-order valence-electron chi connectivity index (χ4n) is 1.16. The molecule has 74 valence electrons. The van der Waals surface area contributed by atoms with Crippen molar-refractivity contribution in [1.82, 2.24) is 0 Å². The van der Waals surface area contributed by atoms with E-state index in [-0.39, 0.29) is 5.38 Å². The number of hydrogen-bond donors (Lipinski definition) is 0. The van der Waals surface area contributed by atoms with Crippen LogP contribution in [-0.4, -0.2) is 11.5 Å². The van der Waals surface area contributed by atoms with Gasteiger partial charge in [-0.3, -0.25) is 0 Å². The minimum Gasteiger partial charge on any atom is -0.246 e. The molecule has 0 aliphatic rings. The largest absolute Gasteiger partial charge is 0.246 e. The SMILES string of the molecule is CCCC[C@@H](F)[C@H](Cl)CCCC. The van der Waals surface area contributed by atoms with Crippen LogP contribution in [0.1, 0.15) is 52.4 Å². The summed E-state index contributed by atoms with van der Waals surface area (Å²) in [6.07, 6.45) is 4.81. The van der Waals surface area contributed by atoms with Crippen LogP contribution in [0, 0.1) is 0 Å². The van der Waals surface area contributed by atoms with Gasteiger partial charge >= 0.3 is 0 Å². The van der Waals surface area contributed by atoms with Gasteiger partial charge in [0.1, 0.15) is 6.17 Å². The van der Waals surface area contributed by atoms with Crippen molar-refractivity contribution in [3.05, 3.63) is 0 Å². The van der Waals surface area contributed by atoms with Crippen LogP contribution in [0.5, 0.6) is 0 Å². The van der Waals surface area contributed by atoms with Crippen molar-refractivity contribution in [2.24, 2.45) is 0 Å². The van der Waals surface area contributed by atoms with Crippen molar-refractivity contribution >= 4 is 11.6 Å². The Morgan fingerprint density at radius 1 is 1.08 bits per heavy atom. The fraction of sp³-hybridized carbons (Fsp3) is 1.00. The highest BCUT2D eigenvalue weighted by Crippen LogP contribution is 2.19. The Morgan fingerprint density at radius 3 is 2.08 bits per heavy atom. The van der Waals surface area contributed by atoms with Crippen LogP contribution in [0.3, 0.4) is 0 Å². The molecule has 0 bridgehead atoms. The highest BCUT2D eigenvalue weighted by Gasteiger charge is 2.16. The van der Waals surface area contributed by atoms with Crippen molar-refractivity contribution in [1.29, 1.82) is 0 Å². The average molecular weight is 195 g/mol. The van der Waals surface area contributed by atoms with E-state index in [1.165, 1.54) is 0 Å². The van der Waals surface area contributed by atoms with E-state index in [9.17, 15) is 4.39 Å². The Labute approximate surface area is 80.5 Å². The van der Waals surface area contributed by atoms with Crippen LogP contribution >= 0.6 is 11.6 Å². The molecule has 0 amide bonds. The number of halogens is 2. The van der Waals surface area contributed by atoms with E-state index in [4.69, 9.17) is 11.6 Å². The zero-order chi connectivity index (χ0) is 9.40. The van der Waals surface area contributed by atoms with Gasteiger partial charge in [-0.05, 0) is 12.8 Å². The molecule has 0 saturated carbocycles. The molecule has 0 rings (SSSR count). The predicted octanol–water partition coefficient (Wildman–Crippen LogP) is 4.31. The Bertz CT molecular complexity index is 83.8. The maximum Gasteiger partial charge on any atom is 0.116 e. The van der Waals surface area contributed by atoms with Crippen LogP contribution in [-0.2, 0) is 0 Å². The quantitative estimate of drug-likeness (QED) is 0.530. The molecule has 0 nitrogen and oxygen atoms in total. The first-order chi connectivity index (χ1) is 5.72. The summed E-state index contributed by atoms with van der Waals surface area (Å²) in [5.41, 5.74) is 0. The van der Waals surface area contributed by atoms with Crippen molar-refractivity contribution in [2.75, 3.05) is 0 Å². The van der Waals surface area contributed by atoms with E-state index < -0.39 is 6.17 Å². The van der Waals surface area contributed by atoms with Crippen LogP contribution in [0.15, 0.2) is 0 Å². The molecule has 0 N–H and O–H groups in total. The lowest BCUT2D eigenvalue weighted by molar-refractivity contribution is 0.287. The molecule has 0 aromatic rings. The zero-order valence-electron chi connectivity index (χ0n) is 8.15. The maximum atomic E-state index is 13.2. The van der Waals surface area contributed by atoms with Crippen molar-refractivity contribution in [3.8, 4) is 0 Å². The van der Waals surface area contributed by atoms with E-state index in [1.54, 1.807) is 0 Å². The molecule has 2 atom stereocenters. The normalized spacial score (nSPS) is 16.0. The summed E-state index contributed by atoms with van der Waals surface area (Å²) < 4.78 is 13.2. The topological polar surface area (TPSA) is 0 Å². The number of rotatable bonds is 7. The monoisotopic (exact) mass is 194 g/mol. The van der Waals surface area contributed by atoms with Crippen molar-refractivity contribution < 1.29 is 4.39 Å². The molecular formula is C10H20ClF. The lowest BCUT2D eigenvalue weighted by Gasteiger charge is -2.13. The van der Waals surface area contributed by atoms with Gasteiger partial charge in [0.15, 0.2) is 0 Å². The molecule has 0 fully saturated rings. The number of unbranched alkanes of at least 4 members (excludes halogenated alkanes) is 2. The van der Waals surface area contributed by atoms with E-state index in [0.29, 0.717) is 6.42 Å². The van der Waals surface area contributed by atoms with E-state index >= 15 is 0 Å². The minimum absolute atomic E-state index is 0.253. The fourth-order valence-corrected chi connectivity index (χ4v) is 1.44. The van der Waals surface area contributed by atoms with Crippen LogP contribution in [0.25, 0.3) is 0 Å². The van der Waals surface area contributed by atoms with Gasteiger partial charge in [0.2, 0.25) is 0 Å². The summed E-state index contributed by atoms with van der Waals surface area (Å²) in [5, 5.41) is -0.253.